The van der Waals surface area contributed by atoms with Crippen LogP contribution < -0.4 is 5.32 Å². The summed E-state index contributed by atoms with van der Waals surface area (Å²) in [6, 6.07) is 3.47. The molecule has 1 aromatic heterocycles. The maximum atomic E-state index is 11.7. The largest absolute Gasteiger partial charge is 0.318 e. The molecule has 2 aromatic rings. The SMILES string of the molecule is Cc1cc(Br)c(NC(=O)c2nn[nH]n2)cc1Cl. The summed E-state index contributed by atoms with van der Waals surface area (Å²) in [5.74, 6) is -0.493. The smallest absolute Gasteiger partial charge is 0.297 e. The number of nitrogens with one attached hydrogen (secondary N) is 2. The van der Waals surface area contributed by atoms with Crippen LogP contribution in [0.15, 0.2) is 16.6 Å². The highest BCUT2D eigenvalue weighted by atomic mass is 79.9. The van der Waals surface area contributed by atoms with Gasteiger partial charge in [-0.15, -0.1) is 10.2 Å². The second-order valence-corrected chi connectivity index (χ2v) is 4.53. The number of tetrazole rings is 1. The van der Waals surface area contributed by atoms with Crippen LogP contribution in [0.4, 0.5) is 5.69 Å². The number of aromatic nitrogens is 4. The van der Waals surface area contributed by atoms with Crippen molar-refractivity contribution < 1.29 is 4.79 Å². The molecule has 0 spiro atoms. The Morgan fingerprint density at radius 1 is 1.53 bits per heavy atom. The standard InChI is InChI=1S/C9H7BrClN5O/c1-4-2-5(10)7(3-6(4)11)12-9(17)8-13-15-16-14-8/h2-3H,1H3,(H,12,17)(H,13,14,15,16). The molecule has 1 aromatic carbocycles. The van der Waals surface area contributed by atoms with E-state index in [2.05, 4.69) is 41.9 Å². The number of halogens is 2. The maximum absolute atomic E-state index is 11.7. The highest BCUT2D eigenvalue weighted by molar-refractivity contribution is 9.10. The third-order valence-corrected chi connectivity index (χ3v) is 3.11. The van der Waals surface area contributed by atoms with Crippen LogP contribution in [0.25, 0.3) is 0 Å². The molecule has 6 nitrogen and oxygen atoms in total. The van der Waals surface area contributed by atoms with Crippen molar-refractivity contribution in [2.24, 2.45) is 0 Å². The Hall–Kier alpha value is -1.47. The van der Waals surface area contributed by atoms with Crippen molar-refractivity contribution >= 4 is 39.1 Å². The van der Waals surface area contributed by atoms with Crippen LogP contribution in [0.1, 0.15) is 16.2 Å². The monoisotopic (exact) mass is 315 g/mol. The minimum atomic E-state index is -0.459. The van der Waals surface area contributed by atoms with Crippen LogP contribution in [-0.2, 0) is 0 Å². The predicted octanol–water partition coefficient (Wildman–Crippen LogP) is 2.18. The van der Waals surface area contributed by atoms with E-state index in [-0.39, 0.29) is 5.82 Å². The Morgan fingerprint density at radius 2 is 2.29 bits per heavy atom. The number of benzene rings is 1. The molecule has 0 atom stereocenters. The third-order valence-electron chi connectivity index (χ3n) is 2.04. The van der Waals surface area contributed by atoms with E-state index in [1.165, 1.54) is 0 Å². The van der Waals surface area contributed by atoms with Gasteiger partial charge in [-0.2, -0.15) is 5.21 Å². The summed E-state index contributed by atoms with van der Waals surface area (Å²) in [7, 11) is 0. The zero-order valence-corrected chi connectivity index (χ0v) is 11.0. The highest BCUT2D eigenvalue weighted by Gasteiger charge is 2.13. The molecule has 88 valence electrons. The van der Waals surface area contributed by atoms with Crippen molar-refractivity contribution in [2.45, 2.75) is 6.92 Å². The summed E-state index contributed by atoms with van der Waals surface area (Å²) in [6.07, 6.45) is 0. The van der Waals surface area contributed by atoms with Crippen LogP contribution in [0.2, 0.25) is 5.02 Å². The van der Waals surface area contributed by atoms with Gasteiger partial charge in [0, 0.05) is 9.50 Å². The molecule has 1 heterocycles. The molecular weight excluding hydrogens is 309 g/mol. The second-order valence-electron chi connectivity index (χ2n) is 3.27. The highest BCUT2D eigenvalue weighted by Crippen LogP contribution is 2.29. The van der Waals surface area contributed by atoms with E-state index in [1.54, 1.807) is 6.07 Å². The van der Waals surface area contributed by atoms with E-state index in [0.29, 0.717) is 10.7 Å². The summed E-state index contributed by atoms with van der Waals surface area (Å²) in [5, 5.41) is 15.8. The molecular formula is C9H7BrClN5O. The van der Waals surface area contributed by atoms with Gasteiger partial charge in [0.25, 0.3) is 11.7 Å². The first kappa shape index (κ1) is 12.0. The first-order valence-corrected chi connectivity index (χ1v) is 5.75. The topological polar surface area (TPSA) is 83.6 Å². The first-order chi connectivity index (χ1) is 8.08. The van der Waals surface area contributed by atoms with Crippen molar-refractivity contribution in [2.75, 3.05) is 5.32 Å². The van der Waals surface area contributed by atoms with Crippen molar-refractivity contribution in [3.05, 3.63) is 33.0 Å². The molecule has 0 bridgehead atoms. The van der Waals surface area contributed by atoms with Crippen LogP contribution in [0, 0.1) is 6.92 Å². The number of hydrogen-bond donors (Lipinski definition) is 2. The Morgan fingerprint density at radius 3 is 2.94 bits per heavy atom. The van der Waals surface area contributed by atoms with E-state index >= 15 is 0 Å². The van der Waals surface area contributed by atoms with E-state index in [4.69, 9.17) is 11.6 Å². The number of nitrogens with zero attached hydrogens (tertiary/aromatic N) is 3. The number of carbonyl (C=O) groups is 1. The lowest BCUT2D eigenvalue weighted by molar-refractivity contribution is 0.101. The van der Waals surface area contributed by atoms with Crippen LogP contribution in [0.5, 0.6) is 0 Å². The van der Waals surface area contributed by atoms with Gasteiger partial charge >= 0.3 is 0 Å². The number of amides is 1. The van der Waals surface area contributed by atoms with Crippen molar-refractivity contribution in [3.8, 4) is 0 Å². The lowest BCUT2D eigenvalue weighted by Crippen LogP contribution is -2.14. The van der Waals surface area contributed by atoms with Gasteiger partial charge in [-0.3, -0.25) is 4.79 Å². The molecule has 0 unspecified atom stereocenters. The Kier molecular flexibility index (Phi) is 3.39. The molecule has 0 saturated heterocycles. The molecule has 1 amide bonds. The Balaban J connectivity index is 2.25. The van der Waals surface area contributed by atoms with E-state index < -0.39 is 5.91 Å². The van der Waals surface area contributed by atoms with Gasteiger partial charge in [-0.25, -0.2) is 0 Å². The second kappa shape index (κ2) is 4.80. The fourth-order valence-electron chi connectivity index (χ4n) is 1.18. The quantitative estimate of drug-likeness (QED) is 0.889. The average Bonchev–Trinajstić information content (AvgIpc) is 2.79. The summed E-state index contributed by atoms with van der Waals surface area (Å²) in [6.45, 7) is 1.87. The predicted molar refractivity (Wildman–Crippen MR) is 66.0 cm³/mol. The summed E-state index contributed by atoms with van der Waals surface area (Å²) in [4.78, 5) is 11.7. The summed E-state index contributed by atoms with van der Waals surface area (Å²) in [5.41, 5.74) is 1.46. The van der Waals surface area contributed by atoms with Gasteiger partial charge < -0.3 is 5.32 Å². The number of aromatic amines is 1. The van der Waals surface area contributed by atoms with Crippen molar-refractivity contribution in [1.82, 2.24) is 20.6 Å². The minimum Gasteiger partial charge on any atom is -0.318 e. The van der Waals surface area contributed by atoms with Crippen molar-refractivity contribution in [3.63, 3.8) is 0 Å². The van der Waals surface area contributed by atoms with Crippen molar-refractivity contribution in [1.29, 1.82) is 0 Å². The molecule has 2 N–H and O–H groups in total. The molecule has 0 radical (unpaired) electrons. The van der Waals surface area contributed by atoms with E-state index in [1.807, 2.05) is 13.0 Å². The zero-order valence-electron chi connectivity index (χ0n) is 8.66. The lowest BCUT2D eigenvalue weighted by atomic mass is 10.2. The normalized spacial score (nSPS) is 10.3. The third kappa shape index (κ3) is 2.62. The molecule has 0 saturated carbocycles. The molecule has 0 aliphatic rings. The van der Waals surface area contributed by atoms with E-state index in [0.717, 1.165) is 10.0 Å². The Bertz CT molecular complexity index is 557. The number of aryl methyl sites for hydroxylation is 1. The Labute approximate surface area is 110 Å². The minimum absolute atomic E-state index is 0.0337. The zero-order chi connectivity index (χ0) is 12.4. The van der Waals surface area contributed by atoms with Crippen LogP contribution in [0.3, 0.4) is 0 Å². The van der Waals surface area contributed by atoms with Gasteiger partial charge in [0.05, 0.1) is 5.69 Å². The molecule has 8 heteroatoms. The van der Waals surface area contributed by atoms with Gasteiger partial charge in [-0.05, 0) is 45.8 Å². The molecule has 2 rings (SSSR count). The lowest BCUT2D eigenvalue weighted by Gasteiger charge is -2.07. The maximum Gasteiger partial charge on any atom is 0.297 e. The summed E-state index contributed by atoms with van der Waals surface area (Å²) >= 11 is 9.31. The molecule has 0 aliphatic heterocycles. The number of hydrogen-bond acceptors (Lipinski definition) is 4. The van der Waals surface area contributed by atoms with E-state index in [9.17, 15) is 4.79 Å². The van der Waals surface area contributed by atoms with Gasteiger partial charge in [-0.1, -0.05) is 11.6 Å². The fraction of sp³-hybridized carbons (Fsp3) is 0.111. The number of anilines is 1. The van der Waals surface area contributed by atoms with Gasteiger partial charge in [0.2, 0.25) is 0 Å². The molecule has 0 fully saturated rings. The van der Waals surface area contributed by atoms with Gasteiger partial charge in [0.15, 0.2) is 0 Å². The number of H-pyrrole nitrogens is 1. The average molecular weight is 317 g/mol. The number of carbonyl (C=O) groups excluding carboxylic acids is 1. The first-order valence-electron chi connectivity index (χ1n) is 4.58. The van der Waals surface area contributed by atoms with Gasteiger partial charge in [0.1, 0.15) is 0 Å². The molecule has 17 heavy (non-hydrogen) atoms. The summed E-state index contributed by atoms with van der Waals surface area (Å²) < 4.78 is 0.733. The van der Waals surface area contributed by atoms with Crippen LogP contribution in [-0.4, -0.2) is 26.5 Å². The van der Waals surface area contributed by atoms with Crippen LogP contribution >= 0.6 is 27.5 Å². The number of rotatable bonds is 2. The fourth-order valence-corrected chi connectivity index (χ4v) is 1.90. The molecule has 0 aliphatic carbocycles.